The normalized spacial score (nSPS) is 11.5. The Morgan fingerprint density at radius 2 is 2.05 bits per heavy atom. The second-order valence-corrected chi connectivity index (χ2v) is 5.55. The Kier molecular flexibility index (Phi) is 5.33. The predicted octanol–water partition coefficient (Wildman–Crippen LogP) is 3.22. The first-order valence-corrected chi connectivity index (χ1v) is 6.47. The van der Waals surface area contributed by atoms with E-state index in [4.69, 9.17) is 9.47 Å². The van der Waals surface area contributed by atoms with Crippen molar-refractivity contribution in [3.05, 3.63) is 28.3 Å². The van der Waals surface area contributed by atoms with Gasteiger partial charge in [-0.25, -0.2) is 0 Å². The second kappa shape index (κ2) is 6.56. The molecule has 0 aliphatic rings. The number of nitrogens with zero attached hydrogens (tertiary/aromatic N) is 1. The number of ether oxygens (including phenoxy) is 2. The van der Waals surface area contributed by atoms with Gasteiger partial charge in [0.1, 0.15) is 0 Å². The maximum Gasteiger partial charge on any atom is 0.311 e. The van der Waals surface area contributed by atoms with Crippen LogP contribution in [0.1, 0.15) is 27.7 Å². The molecular formula is C14H22N2O4. The van der Waals surface area contributed by atoms with Crippen molar-refractivity contribution in [2.45, 2.75) is 39.3 Å². The molecule has 0 amide bonds. The average molecular weight is 282 g/mol. The van der Waals surface area contributed by atoms with E-state index in [9.17, 15) is 10.1 Å². The maximum atomic E-state index is 11.0. The van der Waals surface area contributed by atoms with E-state index in [2.05, 4.69) is 5.32 Å². The molecule has 0 aliphatic carbocycles. The lowest BCUT2D eigenvalue weighted by molar-refractivity contribution is -0.386. The van der Waals surface area contributed by atoms with Crippen molar-refractivity contribution in [2.24, 2.45) is 0 Å². The lowest BCUT2D eigenvalue weighted by atomic mass is 10.1. The van der Waals surface area contributed by atoms with Crippen LogP contribution in [0.4, 0.5) is 11.4 Å². The van der Waals surface area contributed by atoms with Crippen molar-refractivity contribution in [2.75, 3.05) is 19.0 Å². The molecule has 0 heterocycles. The van der Waals surface area contributed by atoms with Crippen molar-refractivity contribution in [1.29, 1.82) is 0 Å². The highest BCUT2D eigenvalue weighted by molar-refractivity contribution is 5.58. The van der Waals surface area contributed by atoms with Gasteiger partial charge < -0.3 is 14.8 Å². The van der Waals surface area contributed by atoms with Crippen molar-refractivity contribution in [1.82, 2.24) is 0 Å². The summed E-state index contributed by atoms with van der Waals surface area (Å²) in [6, 6.07) is 4.77. The van der Waals surface area contributed by atoms with E-state index in [-0.39, 0.29) is 23.1 Å². The molecule has 0 atom stereocenters. The topological polar surface area (TPSA) is 73.6 Å². The van der Waals surface area contributed by atoms with Crippen LogP contribution < -0.4 is 10.1 Å². The fraction of sp³-hybridized carbons (Fsp3) is 0.571. The van der Waals surface area contributed by atoms with Crippen LogP contribution in [0.3, 0.4) is 0 Å². The molecule has 1 aromatic rings. The first kappa shape index (κ1) is 16.2. The fourth-order valence-corrected chi connectivity index (χ4v) is 1.88. The molecule has 0 aromatic heterocycles. The van der Waals surface area contributed by atoms with E-state index in [0.29, 0.717) is 6.61 Å². The Hall–Kier alpha value is -1.82. The summed E-state index contributed by atoms with van der Waals surface area (Å²) < 4.78 is 10.6. The van der Waals surface area contributed by atoms with Gasteiger partial charge in [-0.05, 0) is 33.8 Å². The van der Waals surface area contributed by atoms with E-state index in [1.54, 1.807) is 19.2 Å². The Balaban J connectivity index is 3.03. The van der Waals surface area contributed by atoms with Crippen molar-refractivity contribution in [3.8, 4) is 5.75 Å². The van der Waals surface area contributed by atoms with Crippen LogP contribution >= 0.6 is 0 Å². The molecular weight excluding hydrogens is 260 g/mol. The minimum Gasteiger partial charge on any atom is -0.484 e. The van der Waals surface area contributed by atoms with E-state index in [1.807, 2.05) is 27.7 Å². The average Bonchev–Trinajstić information content (AvgIpc) is 2.26. The summed E-state index contributed by atoms with van der Waals surface area (Å²) in [4.78, 5) is 10.5. The molecule has 0 aliphatic heterocycles. The van der Waals surface area contributed by atoms with Gasteiger partial charge in [-0.1, -0.05) is 0 Å². The molecule has 112 valence electrons. The largest absolute Gasteiger partial charge is 0.484 e. The van der Waals surface area contributed by atoms with Gasteiger partial charge in [0.15, 0.2) is 5.75 Å². The van der Waals surface area contributed by atoms with Crippen LogP contribution in [0.25, 0.3) is 0 Å². The highest BCUT2D eigenvalue weighted by Crippen LogP contribution is 2.31. The van der Waals surface area contributed by atoms with Crippen molar-refractivity contribution < 1.29 is 14.4 Å². The summed E-state index contributed by atoms with van der Waals surface area (Å²) in [5, 5.41) is 14.3. The third kappa shape index (κ3) is 4.70. The van der Waals surface area contributed by atoms with Gasteiger partial charge in [0, 0.05) is 24.9 Å². The first-order valence-electron chi connectivity index (χ1n) is 6.47. The summed E-state index contributed by atoms with van der Waals surface area (Å²) in [6.07, 6.45) is -0.129. The zero-order valence-electron chi connectivity index (χ0n) is 12.6. The van der Waals surface area contributed by atoms with Gasteiger partial charge >= 0.3 is 5.69 Å². The Morgan fingerprint density at radius 3 is 2.55 bits per heavy atom. The number of anilines is 1. The fourth-order valence-electron chi connectivity index (χ4n) is 1.88. The molecule has 0 saturated carbocycles. The van der Waals surface area contributed by atoms with Gasteiger partial charge in [-0.3, -0.25) is 10.1 Å². The zero-order chi connectivity index (χ0) is 15.3. The van der Waals surface area contributed by atoms with E-state index >= 15 is 0 Å². The SMILES string of the molecule is COCC(C)(C)Nc1ccc([N+](=O)[O-])c(OC(C)C)c1. The summed E-state index contributed by atoms with van der Waals surface area (Å²) >= 11 is 0. The van der Waals surface area contributed by atoms with Gasteiger partial charge in [-0.2, -0.15) is 0 Å². The van der Waals surface area contributed by atoms with E-state index in [1.165, 1.54) is 6.07 Å². The third-order valence-corrected chi connectivity index (χ3v) is 2.51. The monoisotopic (exact) mass is 282 g/mol. The number of nitro benzene ring substituents is 1. The Labute approximate surface area is 119 Å². The van der Waals surface area contributed by atoms with Gasteiger partial charge in [0.2, 0.25) is 0 Å². The maximum absolute atomic E-state index is 11.0. The summed E-state index contributed by atoms with van der Waals surface area (Å²) in [5.41, 5.74) is 0.446. The number of benzene rings is 1. The highest BCUT2D eigenvalue weighted by Gasteiger charge is 2.21. The second-order valence-electron chi connectivity index (χ2n) is 5.55. The smallest absolute Gasteiger partial charge is 0.311 e. The van der Waals surface area contributed by atoms with Crippen molar-refractivity contribution >= 4 is 11.4 Å². The molecule has 0 spiro atoms. The molecule has 0 radical (unpaired) electrons. The summed E-state index contributed by atoms with van der Waals surface area (Å²) in [7, 11) is 1.63. The molecule has 1 N–H and O–H groups in total. The third-order valence-electron chi connectivity index (χ3n) is 2.51. The zero-order valence-corrected chi connectivity index (χ0v) is 12.6. The molecule has 6 nitrogen and oxygen atoms in total. The molecule has 0 fully saturated rings. The lowest BCUT2D eigenvalue weighted by Gasteiger charge is -2.26. The number of hydrogen-bond donors (Lipinski definition) is 1. The van der Waals surface area contributed by atoms with Crippen molar-refractivity contribution in [3.63, 3.8) is 0 Å². The standard InChI is InChI=1S/C14H22N2O4/c1-10(2)20-13-8-11(6-7-12(13)16(17)18)15-14(3,4)9-19-5/h6-8,10,15H,9H2,1-5H3. The quantitative estimate of drug-likeness (QED) is 0.614. The molecule has 0 unspecified atom stereocenters. The molecule has 1 rings (SSSR count). The highest BCUT2D eigenvalue weighted by atomic mass is 16.6. The van der Waals surface area contributed by atoms with E-state index < -0.39 is 4.92 Å². The molecule has 6 heteroatoms. The van der Waals surface area contributed by atoms with Crippen LogP contribution in [-0.2, 0) is 4.74 Å². The number of rotatable bonds is 7. The van der Waals surface area contributed by atoms with Gasteiger partial charge in [0.25, 0.3) is 0 Å². The van der Waals surface area contributed by atoms with Crippen LogP contribution in [-0.4, -0.2) is 30.3 Å². The lowest BCUT2D eigenvalue weighted by Crippen LogP contribution is -2.35. The van der Waals surface area contributed by atoms with Crippen LogP contribution in [0.15, 0.2) is 18.2 Å². The molecule has 0 bridgehead atoms. The summed E-state index contributed by atoms with van der Waals surface area (Å²) in [6.45, 7) is 8.16. The van der Waals surface area contributed by atoms with Gasteiger partial charge in [-0.15, -0.1) is 0 Å². The van der Waals surface area contributed by atoms with Crippen LogP contribution in [0.5, 0.6) is 5.75 Å². The van der Waals surface area contributed by atoms with Crippen LogP contribution in [0, 0.1) is 10.1 Å². The molecule has 20 heavy (non-hydrogen) atoms. The number of methoxy groups -OCH3 is 1. The first-order chi connectivity index (χ1) is 9.25. The Morgan fingerprint density at radius 1 is 1.40 bits per heavy atom. The van der Waals surface area contributed by atoms with E-state index in [0.717, 1.165) is 5.69 Å². The Bertz CT molecular complexity index is 472. The predicted molar refractivity (Wildman–Crippen MR) is 78.4 cm³/mol. The minimum absolute atomic E-state index is 0.0335. The number of hydrogen-bond acceptors (Lipinski definition) is 5. The van der Waals surface area contributed by atoms with Gasteiger partial charge in [0.05, 0.1) is 23.2 Å². The van der Waals surface area contributed by atoms with Crippen LogP contribution in [0.2, 0.25) is 0 Å². The summed E-state index contributed by atoms with van der Waals surface area (Å²) in [5.74, 6) is 0.267. The molecule has 1 aromatic carbocycles. The number of nitrogens with one attached hydrogen (secondary N) is 1. The molecule has 0 saturated heterocycles. The number of nitro groups is 1. The minimum atomic E-state index is -0.443.